The maximum atomic E-state index is 11.9. The van der Waals surface area contributed by atoms with Gasteiger partial charge in [0, 0.05) is 30.6 Å². The molecule has 0 saturated heterocycles. The van der Waals surface area contributed by atoms with Gasteiger partial charge in [0.2, 0.25) is 0 Å². The summed E-state index contributed by atoms with van der Waals surface area (Å²) >= 11 is 0. The first-order chi connectivity index (χ1) is 26.8. The van der Waals surface area contributed by atoms with Gasteiger partial charge < -0.3 is 39.9 Å². The fourth-order valence-corrected chi connectivity index (χ4v) is 8.83. The van der Waals surface area contributed by atoms with Gasteiger partial charge in [0.15, 0.2) is 11.5 Å². The van der Waals surface area contributed by atoms with E-state index in [9.17, 15) is 62.1 Å². The predicted molar refractivity (Wildman–Crippen MR) is 207 cm³/mol. The molecule has 0 aromatic heterocycles. The van der Waals surface area contributed by atoms with Gasteiger partial charge in [0.25, 0.3) is 0 Å². The molecule has 3 radical (unpaired) electrons. The van der Waals surface area contributed by atoms with E-state index in [1.165, 1.54) is 0 Å². The molecular formula is C34H24GaN6O14S4-4. The van der Waals surface area contributed by atoms with Crippen molar-refractivity contribution in [2.75, 3.05) is 11.5 Å². The standard InChI is InChI=1S/C34H28N6O14S4.Ga/c1-15-11-17(3-7-21(15)37-39-23-9-5-19-25(55(43,44)45)13-27(57(49,50)51)31(35)29(19)33(23)41)18-4-8-22(16(2)12-18)38-40-24-10-6-20-26(56(46,47)48)14-28(58(52,53)54)32(36)30(20)34(24)42;/h3-14,41-42H,35-36H2,1-2H3,(H,43,44,45)(H,46,47,48)(H,49,50,51)(H,52,53,54);/p-4. The van der Waals surface area contributed by atoms with Gasteiger partial charge in [-0.3, -0.25) is 0 Å². The van der Waals surface area contributed by atoms with E-state index in [4.69, 9.17) is 11.5 Å². The van der Waals surface area contributed by atoms with Crippen molar-refractivity contribution >= 4 is 116 Å². The van der Waals surface area contributed by atoms with Crippen LogP contribution < -0.4 is 11.5 Å². The molecule has 0 fully saturated rings. The van der Waals surface area contributed by atoms with Crippen molar-refractivity contribution in [3.63, 3.8) is 0 Å². The minimum absolute atomic E-state index is 0. The van der Waals surface area contributed by atoms with Gasteiger partial charge >= 0.3 is 0 Å². The van der Waals surface area contributed by atoms with Crippen molar-refractivity contribution in [3.05, 3.63) is 83.9 Å². The number of phenols is 2. The number of phenolic OH excluding ortho intramolecular Hbond substituents is 2. The van der Waals surface area contributed by atoms with Crippen LogP contribution in [0, 0.1) is 13.8 Å². The molecule has 59 heavy (non-hydrogen) atoms. The summed E-state index contributed by atoms with van der Waals surface area (Å²) in [5, 5.41) is 35.9. The molecule has 305 valence electrons. The summed E-state index contributed by atoms with van der Waals surface area (Å²) in [5.41, 5.74) is 12.6. The summed E-state index contributed by atoms with van der Waals surface area (Å²) in [6.45, 7) is 3.38. The second kappa shape index (κ2) is 15.6. The Morgan fingerprint density at radius 2 is 0.746 bits per heavy atom. The number of fused-ring (bicyclic) bond motifs is 2. The van der Waals surface area contributed by atoms with Crippen LogP contribution in [0.2, 0.25) is 0 Å². The Hall–Kier alpha value is -5.48. The van der Waals surface area contributed by atoms with Gasteiger partial charge in [-0.1, -0.05) is 24.3 Å². The van der Waals surface area contributed by atoms with E-state index in [-0.39, 0.29) is 31.2 Å². The Kier molecular flexibility index (Phi) is 11.8. The number of rotatable bonds is 9. The summed E-state index contributed by atoms with van der Waals surface area (Å²) < 4.78 is 142. The monoisotopic (exact) mass is 937 g/mol. The fraction of sp³-hybridized carbons (Fsp3) is 0.0588. The van der Waals surface area contributed by atoms with Gasteiger partial charge in [-0.25, -0.2) is 33.7 Å². The van der Waals surface area contributed by atoms with Gasteiger partial charge in [-0.15, -0.1) is 10.2 Å². The Bertz CT molecular complexity index is 3090. The molecule has 0 saturated carbocycles. The molecule has 0 bridgehead atoms. The molecule has 0 atom stereocenters. The van der Waals surface area contributed by atoms with Crippen LogP contribution in [-0.4, -0.2) is 81.9 Å². The Morgan fingerprint density at radius 3 is 1.03 bits per heavy atom. The molecule has 0 aliphatic rings. The summed E-state index contributed by atoms with van der Waals surface area (Å²) in [6, 6.07) is 15.0. The third-order valence-electron chi connectivity index (χ3n) is 8.77. The molecule has 6 rings (SSSR count). The van der Waals surface area contributed by atoms with Crippen molar-refractivity contribution in [3.8, 4) is 22.6 Å². The number of hydrogen-bond acceptors (Lipinski definition) is 20. The average molecular weight is 939 g/mol. The van der Waals surface area contributed by atoms with E-state index < -0.39 is 104 Å². The van der Waals surface area contributed by atoms with Crippen LogP contribution in [0.4, 0.5) is 34.1 Å². The van der Waals surface area contributed by atoms with Crippen LogP contribution in [0.25, 0.3) is 32.7 Å². The van der Waals surface area contributed by atoms with E-state index >= 15 is 0 Å². The average Bonchev–Trinajstić information content (AvgIpc) is 3.09. The van der Waals surface area contributed by atoms with Gasteiger partial charge in [-0.2, -0.15) is 10.2 Å². The molecule has 0 aliphatic carbocycles. The Balaban J connectivity index is 0.00000661. The molecule has 0 amide bonds. The number of hydrogen-bond donors (Lipinski definition) is 4. The number of nitrogen functional groups attached to an aromatic ring is 2. The summed E-state index contributed by atoms with van der Waals surface area (Å²) in [7, 11) is -21.4. The molecular weight excluding hydrogens is 914 g/mol. The predicted octanol–water partition coefficient (Wildman–Crippen LogP) is 4.92. The third-order valence-corrected chi connectivity index (χ3v) is 12.3. The van der Waals surface area contributed by atoms with Crippen LogP contribution in [-0.2, 0) is 40.5 Å². The van der Waals surface area contributed by atoms with Gasteiger partial charge in [0.1, 0.15) is 51.8 Å². The molecule has 25 heteroatoms. The van der Waals surface area contributed by atoms with Crippen molar-refractivity contribution in [2.45, 2.75) is 33.4 Å². The van der Waals surface area contributed by atoms with Crippen LogP contribution in [0.15, 0.2) is 113 Å². The number of anilines is 2. The minimum Gasteiger partial charge on any atom is -0.744 e. The number of aryl methyl sites for hydroxylation is 2. The van der Waals surface area contributed by atoms with E-state index in [0.29, 0.717) is 45.8 Å². The molecule has 0 spiro atoms. The number of aromatic hydroxyl groups is 2. The molecule has 0 unspecified atom stereocenters. The largest absolute Gasteiger partial charge is 0.744 e. The number of benzene rings is 6. The first-order valence-corrected chi connectivity index (χ1v) is 21.5. The first-order valence-electron chi connectivity index (χ1n) is 15.8. The molecule has 20 nitrogen and oxygen atoms in total. The van der Waals surface area contributed by atoms with E-state index in [0.717, 1.165) is 24.3 Å². The second-order valence-corrected chi connectivity index (χ2v) is 17.9. The maximum Gasteiger partial charge on any atom is 0.153 e. The van der Waals surface area contributed by atoms with Crippen molar-refractivity contribution in [1.29, 1.82) is 0 Å². The molecule has 6 N–H and O–H groups in total. The molecule has 0 heterocycles. The smallest absolute Gasteiger partial charge is 0.153 e. The fourth-order valence-electron chi connectivity index (χ4n) is 6.01. The zero-order valence-electron chi connectivity index (χ0n) is 29.9. The summed E-state index contributed by atoms with van der Waals surface area (Å²) in [4.78, 5) is -4.62. The van der Waals surface area contributed by atoms with Gasteiger partial charge in [0.05, 0.1) is 53.1 Å². The normalized spacial score (nSPS) is 12.8. The van der Waals surface area contributed by atoms with Crippen molar-refractivity contribution < 1.29 is 62.1 Å². The summed E-state index contributed by atoms with van der Waals surface area (Å²) in [5.74, 6) is -1.69. The SMILES string of the molecule is Cc1cc(-c2ccc(N=Nc3ccc4c(S(=O)(=O)[O-])cc(S(=O)(=O)[O-])c(N)c4c3O)c(C)c2)ccc1N=Nc1ccc2c(S(=O)(=O)[O-])cc(S(=O)(=O)[O-])c(N)c2c1O.[Ga]. The van der Waals surface area contributed by atoms with E-state index in [1.807, 2.05) is 0 Å². The molecule has 6 aromatic rings. The first kappa shape index (κ1) is 44.6. The maximum absolute atomic E-state index is 11.9. The number of azo groups is 2. The minimum atomic E-state index is -5.38. The number of nitrogens with two attached hydrogens (primary N) is 2. The van der Waals surface area contributed by atoms with Gasteiger partial charge in [-0.05, 0) is 84.6 Å². The zero-order chi connectivity index (χ0) is 42.9. The number of nitrogens with zero attached hydrogens (tertiary/aromatic N) is 4. The van der Waals surface area contributed by atoms with Crippen molar-refractivity contribution in [2.24, 2.45) is 20.5 Å². The van der Waals surface area contributed by atoms with E-state index in [1.54, 1.807) is 50.2 Å². The van der Waals surface area contributed by atoms with Crippen LogP contribution >= 0.6 is 0 Å². The summed E-state index contributed by atoms with van der Waals surface area (Å²) in [6.07, 6.45) is 0. The second-order valence-electron chi connectivity index (χ2n) is 12.5. The van der Waals surface area contributed by atoms with Crippen LogP contribution in [0.5, 0.6) is 11.5 Å². The van der Waals surface area contributed by atoms with Crippen LogP contribution in [0.1, 0.15) is 11.1 Å². The molecule has 6 aromatic carbocycles. The Morgan fingerprint density at radius 1 is 0.458 bits per heavy atom. The molecule has 0 aliphatic heterocycles. The van der Waals surface area contributed by atoms with Crippen molar-refractivity contribution in [1.82, 2.24) is 0 Å². The quantitative estimate of drug-likeness (QED) is 0.0647. The topological polar surface area (TPSA) is 371 Å². The zero-order valence-corrected chi connectivity index (χ0v) is 35.6. The third kappa shape index (κ3) is 8.64. The van der Waals surface area contributed by atoms with E-state index in [2.05, 4.69) is 20.5 Å². The Labute approximate surface area is 348 Å². The van der Waals surface area contributed by atoms with Crippen LogP contribution in [0.3, 0.4) is 0 Å².